The van der Waals surface area contributed by atoms with Crippen LogP contribution in [0.3, 0.4) is 0 Å². The van der Waals surface area contributed by atoms with E-state index in [1.807, 2.05) is 0 Å². The molecule has 4 aromatic rings. The van der Waals surface area contributed by atoms with Crippen LogP contribution in [0.15, 0.2) is 36.4 Å². The van der Waals surface area contributed by atoms with Gasteiger partial charge in [-0.15, -0.1) is 22.7 Å². The number of fused-ring (bicyclic) bond motifs is 2. The van der Waals surface area contributed by atoms with Crippen molar-refractivity contribution in [3.8, 4) is 5.69 Å². The molecule has 0 saturated carbocycles. The van der Waals surface area contributed by atoms with Gasteiger partial charge in [0.25, 0.3) is 5.91 Å². The molecule has 0 unspecified atom stereocenters. The van der Waals surface area contributed by atoms with Crippen molar-refractivity contribution < 1.29 is 27.5 Å². The normalized spacial score (nSPS) is 13.7. The number of alkyl halides is 3. The summed E-state index contributed by atoms with van der Waals surface area (Å²) in [4.78, 5) is 27.5. The van der Waals surface area contributed by atoms with E-state index in [-0.39, 0.29) is 21.2 Å². The van der Waals surface area contributed by atoms with Gasteiger partial charge in [-0.3, -0.25) is 4.79 Å². The number of amides is 1. The van der Waals surface area contributed by atoms with E-state index in [0.29, 0.717) is 16.3 Å². The number of esters is 1. The molecule has 1 aliphatic carbocycles. The quantitative estimate of drug-likeness (QED) is 0.284. The Morgan fingerprint density at radius 3 is 2.53 bits per heavy atom. The highest BCUT2D eigenvalue weighted by atomic mass is 32.1. The highest BCUT2D eigenvalue weighted by Crippen LogP contribution is 2.41. The Balaban J connectivity index is 1.54. The van der Waals surface area contributed by atoms with Crippen molar-refractivity contribution in [1.82, 2.24) is 9.78 Å². The number of benzene rings is 1. The van der Waals surface area contributed by atoms with Gasteiger partial charge in [0.15, 0.2) is 5.69 Å². The van der Waals surface area contributed by atoms with Crippen molar-refractivity contribution in [2.75, 3.05) is 5.32 Å². The number of nitrogens with zero attached hydrogens (tertiary/aromatic N) is 2. The zero-order valence-electron chi connectivity index (χ0n) is 19.4. The minimum atomic E-state index is -4.69. The summed E-state index contributed by atoms with van der Waals surface area (Å²) in [5.74, 6) is -1.09. The number of hydrogen-bond acceptors (Lipinski definition) is 6. The molecule has 6 nitrogen and oxygen atoms in total. The zero-order chi connectivity index (χ0) is 25.6. The molecule has 0 bridgehead atoms. The Morgan fingerprint density at radius 2 is 1.83 bits per heavy atom. The number of halogens is 3. The second-order valence-electron chi connectivity index (χ2n) is 8.75. The highest BCUT2D eigenvalue weighted by Gasteiger charge is 2.38. The summed E-state index contributed by atoms with van der Waals surface area (Å²) in [6.45, 7) is 3.50. The van der Waals surface area contributed by atoms with Gasteiger partial charge < -0.3 is 10.1 Å². The van der Waals surface area contributed by atoms with E-state index in [2.05, 4.69) is 10.4 Å². The summed E-state index contributed by atoms with van der Waals surface area (Å²) in [6, 6.07) is 9.67. The standard InChI is InChI=1S/C25H22F3N3O3S2/c1-13(2)34-24(33)19-15-10-6-7-11-17(15)35-22(19)29-21(32)18-12-16-20(25(26,27)28)30-31(23(16)36-18)14-8-4-3-5-9-14/h3-5,8-9,12-13H,6-7,10-11H2,1-2H3,(H,29,32). The van der Waals surface area contributed by atoms with Crippen LogP contribution in [0.1, 0.15) is 62.9 Å². The van der Waals surface area contributed by atoms with E-state index in [0.717, 1.165) is 47.5 Å². The van der Waals surface area contributed by atoms with Gasteiger partial charge in [0, 0.05) is 10.3 Å². The summed E-state index contributed by atoms with van der Waals surface area (Å²) in [5.41, 5.74) is 0.646. The van der Waals surface area contributed by atoms with Crippen molar-refractivity contribution in [1.29, 1.82) is 0 Å². The number of hydrogen-bond donors (Lipinski definition) is 1. The molecule has 36 heavy (non-hydrogen) atoms. The summed E-state index contributed by atoms with van der Waals surface area (Å²) in [6.07, 6.45) is -1.56. The number of aromatic nitrogens is 2. The number of carbonyl (C=O) groups excluding carboxylic acids is 2. The number of nitrogens with one attached hydrogen (secondary N) is 1. The molecule has 0 fully saturated rings. The summed E-state index contributed by atoms with van der Waals surface area (Å²) in [5, 5.41) is 6.80. The van der Waals surface area contributed by atoms with Crippen LogP contribution in [0, 0.1) is 0 Å². The lowest BCUT2D eigenvalue weighted by Crippen LogP contribution is -2.17. The van der Waals surface area contributed by atoms with Crippen molar-refractivity contribution in [3.63, 3.8) is 0 Å². The molecule has 1 N–H and O–H groups in total. The largest absolute Gasteiger partial charge is 0.459 e. The van der Waals surface area contributed by atoms with Crippen molar-refractivity contribution in [2.24, 2.45) is 0 Å². The third-order valence-corrected chi connectivity index (χ3v) is 8.11. The van der Waals surface area contributed by atoms with Crippen LogP contribution in [-0.4, -0.2) is 27.8 Å². The number of ether oxygens (including phenoxy) is 1. The van der Waals surface area contributed by atoms with Crippen LogP contribution in [0.5, 0.6) is 0 Å². The lowest BCUT2D eigenvalue weighted by molar-refractivity contribution is -0.140. The van der Waals surface area contributed by atoms with Crippen LogP contribution < -0.4 is 5.32 Å². The van der Waals surface area contributed by atoms with E-state index in [1.165, 1.54) is 22.1 Å². The molecule has 188 valence electrons. The van der Waals surface area contributed by atoms with Crippen molar-refractivity contribution in [2.45, 2.75) is 51.8 Å². The first kappa shape index (κ1) is 24.5. The molecule has 0 spiro atoms. The topological polar surface area (TPSA) is 73.2 Å². The maximum absolute atomic E-state index is 13.8. The molecular weight excluding hydrogens is 511 g/mol. The maximum atomic E-state index is 13.8. The fraction of sp³-hybridized carbons (Fsp3) is 0.320. The summed E-state index contributed by atoms with van der Waals surface area (Å²) in [7, 11) is 0. The zero-order valence-corrected chi connectivity index (χ0v) is 21.1. The Hall–Kier alpha value is -3.18. The molecule has 5 rings (SSSR count). The molecule has 3 heterocycles. The fourth-order valence-corrected chi connectivity index (χ4v) is 6.58. The predicted molar refractivity (Wildman–Crippen MR) is 133 cm³/mol. The Bertz CT molecular complexity index is 1450. The van der Waals surface area contributed by atoms with Crippen LogP contribution in [-0.2, 0) is 23.8 Å². The van der Waals surface area contributed by atoms with E-state index in [4.69, 9.17) is 4.74 Å². The average molecular weight is 534 g/mol. The van der Waals surface area contributed by atoms with Crippen molar-refractivity contribution in [3.05, 3.63) is 63.0 Å². The number of aryl methyl sites for hydroxylation is 1. The van der Waals surface area contributed by atoms with Crippen LogP contribution >= 0.6 is 22.7 Å². The predicted octanol–water partition coefficient (Wildman–Crippen LogP) is 6.86. The number of thiophene rings is 2. The summed E-state index contributed by atoms with van der Waals surface area (Å²) >= 11 is 2.25. The lowest BCUT2D eigenvalue weighted by Gasteiger charge is -2.14. The van der Waals surface area contributed by atoms with Gasteiger partial charge in [-0.2, -0.15) is 18.3 Å². The van der Waals surface area contributed by atoms with Gasteiger partial charge in [0.05, 0.1) is 22.2 Å². The third kappa shape index (κ3) is 4.53. The molecule has 3 aromatic heterocycles. The van der Waals surface area contributed by atoms with Crippen molar-refractivity contribution >= 4 is 49.8 Å². The smallest absolute Gasteiger partial charge is 0.435 e. The number of anilines is 1. The van der Waals surface area contributed by atoms with Crippen LogP contribution in [0.4, 0.5) is 18.2 Å². The third-order valence-electron chi connectivity index (χ3n) is 5.80. The van der Waals surface area contributed by atoms with Crippen LogP contribution in [0.2, 0.25) is 0 Å². The molecular formula is C25H22F3N3O3S2. The van der Waals surface area contributed by atoms with Gasteiger partial charge in [-0.25, -0.2) is 9.48 Å². The number of rotatable bonds is 5. The first-order chi connectivity index (χ1) is 17.1. The van der Waals surface area contributed by atoms with Gasteiger partial charge in [0.1, 0.15) is 9.83 Å². The maximum Gasteiger partial charge on any atom is 0.435 e. The Morgan fingerprint density at radius 1 is 1.11 bits per heavy atom. The lowest BCUT2D eigenvalue weighted by atomic mass is 9.95. The average Bonchev–Trinajstić information content (AvgIpc) is 3.49. The van der Waals surface area contributed by atoms with E-state index in [9.17, 15) is 22.8 Å². The molecule has 0 saturated heterocycles. The van der Waals surface area contributed by atoms with Gasteiger partial charge in [-0.1, -0.05) is 18.2 Å². The number of carbonyl (C=O) groups is 2. The summed E-state index contributed by atoms with van der Waals surface area (Å²) < 4.78 is 47.9. The van der Waals surface area contributed by atoms with Gasteiger partial charge >= 0.3 is 12.1 Å². The minimum Gasteiger partial charge on any atom is -0.459 e. The van der Waals surface area contributed by atoms with Crippen LogP contribution in [0.25, 0.3) is 15.9 Å². The Labute approximate surface area is 212 Å². The fourth-order valence-electron chi connectivity index (χ4n) is 4.28. The molecule has 1 aromatic carbocycles. The SMILES string of the molecule is CC(C)OC(=O)c1c(NC(=O)c2cc3c(C(F)(F)F)nn(-c4ccccc4)c3s2)sc2c1CCCC2. The second-order valence-corrected chi connectivity index (χ2v) is 10.9. The van der Waals surface area contributed by atoms with Gasteiger partial charge in [0.2, 0.25) is 0 Å². The van der Waals surface area contributed by atoms with E-state index < -0.39 is 23.7 Å². The monoisotopic (exact) mass is 533 g/mol. The molecule has 0 radical (unpaired) electrons. The highest BCUT2D eigenvalue weighted by molar-refractivity contribution is 7.21. The molecule has 0 aliphatic heterocycles. The van der Waals surface area contributed by atoms with Gasteiger partial charge in [-0.05, 0) is 63.3 Å². The number of para-hydroxylation sites is 1. The molecule has 1 amide bonds. The van der Waals surface area contributed by atoms with E-state index in [1.54, 1.807) is 44.2 Å². The van der Waals surface area contributed by atoms with E-state index >= 15 is 0 Å². The first-order valence-corrected chi connectivity index (χ1v) is 13.1. The molecule has 1 aliphatic rings. The molecule has 0 atom stereocenters. The first-order valence-electron chi connectivity index (χ1n) is 11.5. The Kier molecular flexibility index (Phi) is 6.37. The second kappa shape index (κ2) is 9.36. The minimum absolute atomic E-state index is 0.0899. The molecule has 11 heteroatoms.